The quantitative estimate of drug-likeness (QED) is 0.848. The Hall–Kier alpha value is -2.30. The number of carbonyl (C=O) groups is 1. The lowest BCUT2D eigenvalue weighted by Gasteiger charge is -2.12. The number of carbonyl (C=O) groups excluding carboxylic acids is 1. The predicted octanol–water partition coefficient (Wildman–Crippen LogP) is 1.14. The van der Waals surface area contributed by atoms with Crippen LogP contribution in [-0.2, 0) is 7.05 Å². The molecule has 0 aliphatic heterocycles. The molecule has 0 atom stereocenters. The highest BCUT2D eigenvalue weighted by Gasteiger charge is 2.27. The molecule has 1 aliphatic carbocycles. The van der Waals surface area contributed by atoms with Gasteiger partial charge in [-0.2, -0.15) is 0 Å². The Kier molecular flexibility index (Phi) is 2.55. The molecule has 0 saturated heterocycles. The first kappa shape index (κ1) is 11.8. The van der Waals surface area contributed by atoms with Crippen LogP contribution in [0.15, 0.2) is 29.1 Å². The molecule has 1 aliphatic rings. The minimum absolute atomic E-state index is 0.171. The molecular weight excluding hydrogens is 244 g/mol. The van der Waals surface area contributed by atoms with Crippen LogP contribution in [0.1, 0.15) is 23.2 Å². The van der Waals surface area contributed by atoms with Gasteiger partial charge in [0.2, 0.25) is 5.88 Å². The SMILES string of the molecule is Cn1c(O)c(C(=O)NC2CC2)c2ccccc2c1=O. The molecule has 3 rings (SSSR count). The molecule has 98 valence electrons. The third-order valence-corrected chi connectivity index (χ3v) is 3.41. The van der Waals surface area contributed by atoms with Crippen molar-refractivity contribution in [3.63, 3.8) is 0 Å². The van der Waals surface area contributed by atoms with E-state index in [-0.39, 0.29) is 29.0 Å². The van der Waals surface area contributed by atoms with Gasteiger partial charge in [0.1, 0.15) is 5.56 Å². The normalized spacial score (nSPS) is 14.6. The van der Waals surface area contributed by atoms with E-state index in [1.807, 2.05) is 0 Å². The van der Waals surface area contributed by atoms with E-state index < -0.39 is 0 Å². The van der Waals surface area contributed by atoms with Crippen LogP contribution in [0, 0.1) is 0 Å². The Balaban J connectivity index is 2.27. The molecule has 0 radical (unpaired) electrons. The number of rotatable bonds is 2. The van der Waals surface area contributed by atoms with E-state index in [4.69, 9.17) is 0 Å². The van der Waals surface area contributed by atoms with Crippen LogP contribution in [-0.4, -0.2) is 21.6 Å². The molecule has 1 fully saturated rings. The molecule has 2 N–H and O–H groups in total. The lowest BCUT2D eigenvalue weighted by molar-refractivity contribution is 0.0948. The summed E-state index contributed by atoms with van der Waals surface area (Å²) in [4.78, 5) is 24.2. The van der Waals surface area contributed by atoms with Crippen LogP contribution < -0.4 is 10.9 Å². The number of aromatic nitrogens is 1. The maximum absolute atomic E-state index is 12.2. The fraction of sp³-hybridized carbons (Fsp3) is 0.286. The average molecular weight is 258 g/mol. The topological polar surface area (TPSA) is 71.3 Å². The molecule has 1 aromatic carbocycles. The molecule has 5 nitrogen and oxygen atoms in total. The van der Waals surface area contributed by atoms with Gasteiger partial charge in [-0.3, -0.25) is 14.2 Å². The summed E-state index contributed by atoms with van der Waals surface area (Å²) in [6, 6.07) is 7.02. The Labute approximate surface area is 109 Å². The predicted molar refractivity (Wildman–Crippen MR) is 71.3 cm³/mol. The van der Waals surface area contributed by atoms with E-state index in [1.165, 1.54) is 7.05 Å². The van der Waals surface area contributed by atoms with Crippen molar-refractivity contribution in [2.24, 2.45) is 7.05 Å². The summed E-state index contributed by atoms with van der Waals surface area (Å²) < 4.78 is 1.10. The summed E-state index contributed by atoms with van der Waals surface area (Å²) in [5.41, 5.74) is -0.138. The summed E-state index contributed by atoms with van der Waals surface area (Å²) in [6.07, 6.45) is 1.94. The Bertz CT molecular complexity index is 729. The second-order valence-electron chi connectivity index (χ2n) is 4.86. The average Bonchev–Trinajstić information content (AvgIpc) is 3.20. The van der Waals surface area contributed by atoms with E-state index >= 15 is 0 Å². The van der Waals surface area contributed by atoms with Gasteiger partial charge >= 0.3 is 0 Å². The van der Waals surface area contributed by atoms with Crippen molar-refractivity contribution in [1.82, 2.24) is 9.88 Å². The maximum Gasteiger partial charge on any atom is 0.260 e. The molecule has 1 saturated carbocycles. The summed E-state index contributed by atoms with van der Waals surface area (Å²) in [6.45, 7) is 0. The van der Waals surface area contributed by atoms with Gasteiger partial charge in [-0.05, 0) is 18.9 Å². The fourth-order valence-corrected chi connectivity index (χ4v) is 2.16. The summed E-state index contributed by atoms with van der Waals surface area (Å²) in [5.74, 6) is -0.617. The van der Waals surface area contributed by atoms with Crippen molar-refractivity contribution >= 4 is 16.7 Å². The van der Waals surface area contributed by atoms with Crippen LogP contribution in [0.4, 0.5) is 0 Å². The number of hydrogen-bond donors (Lipinski definition) is 2. The molecule has 1 aromatic heterocycles. The summed E-state index contributed by atoms with van der Waals surface area (Å²) in [5, 5.41) is 13.8. The highest BCUT2D eigenvalue weighted by atomic mass is 16.3. The number of nitrogens with zero attached hydrogens (tertiary/aromatic N) is 1. The second kappa shape index (κ2) is 4.12. The van der Waals surface area contributed by atoms with Crippen LogP contribution in [0.25, 0.3) is 10.8 Å². The van der Waals surface area contributed by atoms with Crippen LogP contribution in [0.3, 0.4) is 0 Å². The summed E-state index contributed by atoms with van der Waals surface area (Å²) >= 11 is 0. The maximum atomic E-state index is 12.2. The van der Waals surface area contributed by atoms with Gasteiger partial charge in [-0.25, -0.2) is 0 Å². The van der Waals surface area contributed by atoms with E-state index in [2.05, 4.69) is 5.32 Å². The third kappa shape index (κ3) is 1.87. The van der Waals surface area contributed by atoms with Crippen molar-refractivity contribution in [3.8, 4) is 5.88 Å². The van der Waals surface area contributed by atoms with Gasteiger partial charge < -0.3 is 10.4 Å². The van der Waals surface area contributed by atoms with Gasteiger partial charge in [0.25, 0.3) is 11.5 Å². The van der Waals surface area contributed by atoms with Gasteiger partial charge in [-0.1, -0.05) is 18.2 Å². The van der Waals surface area contributed by atoms with Gasteiger partial charge in [0, 0.05) is 23.9 Å². The molecule has 0 spiro atoms. The lowest BCUT2D eigenvalue weighted by atomic mass is 10.1. The minimum Gasteiger partial charge on any atom is -0.494 e. The zero-order chi connectivity index (χ0) is 13.6. The minimum atomic E-state index is -0.327. The first-order valence-electron chi connectivity index (χ1n) is 6.21. The van der Waals surface area contributed by atoms with E-state index in [0.717, 1.165) is 17.4 Å². The first-order valence-corrected chi connectivity index (χ1v) is 6.21. The Morgan fingerprint density at radius 2 is 1.95 bits per heavy atom. The van der Waals surface area contributed by atoms with Gasteiger partial charge in [0.15, 0.2) is 0 Å². The van der Waals surface area contributed by atoms with Crippen molar-refractivity contribution < 1.29 is 9.90 Å². The number of fused-ring (bicyclic) bond motifs is 1. The van der Waals surface area contributed by atoms with Crippen LogP contribution in [0.2, 0.25) is 0 Å². The molecule has 5 heteroatoms. The third-order valence-electron chi connectivity index (χ3n) is 3.41. The van der Waals surface area contributed by atoms with Crippen molar-refractivity contribution in [2.75, 3.05) is 0 Å². The molecule has 0 unspecified atom stereocenters. The van der Waals surface area contributed by atoms with E-state index in [9.17, 15) is 14.7 Å². The molecule has 1 amide bonds. The van der Waals surface area contributed by atoms with Crippen molar-refractivity contribution in [1.29, 1.82) is 0 Å². The summed E-state index contributed by atoms with van der Waals surface area (Å²) in [7, 11) is 1.46. The highest BCUT2D eigenvalue weighted by Crippen LogP contribution is 2.26. The lowest BCUT2D eigenvalue weighted by Crippen LogP contribution is -2.28. The molecular formula is C14H14N2O3. The first-order chi connectivity index (χ1) is 9.09. The number of amides is 1. The number of benzene rings is 1. The fourth-order valence-electron chi connectivity index (χ4n) is 2.16. The smallest absolute Gasteiger partial charge is 0.260 e. The molecule has 1 heterocycles. The number of hydrogen-bond acceptors (Lipinski definition) is 3. The standard InChI is InChI=1S/C14H14N2O3/c1-16-13(18)10-5-3-2-4-9(10)11(14(16)19)12(17)15-8-6-7-8/h2-5,8,19H,6-7H2,1H3,(H,15,17). The van der Waals surface area contributed by atoms with Gasteiger partial charge in [0.05, 0.1) is 0 Å². The number of pyridine rings is 1. The Morgan fingerprint density at radius 1 is 1.32 bits per heavy atom. The van der Waals surface area contributed by atoms with E-state index in [1.54, 1.807) is 24.3 Å². The monoisotopic (exact) mass is 258 g/mol. The largest absolute Gasteiger partial charge is 0.494 e. The second-order valence-corrected chi connectivity index (χ2v) is 4.86. The zero-order valence-corrected chi connectivity index (χ0v) is 10.5. The highest BCUT2D eigenvalue weighted by molar-refractivity contribution is 6.08. The van der Waals surface area contributed by atoms with Crippen LogP contribution in [0.5, 0.6) is 5.88 Å². The molecule has 0 bridgehead atoms. The van der Waals surface area contributed by atoms with Crippen LogP contribution >= 0.6 is 0 Å². The molecule has 19 heavy (non-hydrogen) atoms. The molecule has 2 aromatic rings. The Morgan fingerprint density at radius 3 is 2.58 bits per heavy atom. The van der Waals surface area contributed by atoms with Gasteiger partial charge in [-0.15, -0.1) is 0 Å². The van der Waals surface area contributed by atoms with E-state index in [0.29, 0.717) is 10.8 Å². The van der Waals surface area contributed by atoms with Crippen molar-refractivity contribution in [2.45, 2.75) is 18.9 Å². The number of aromatic hydroxyl groups is 1. The van der Waals surface area contributed by atoms with Crippen molar-refractivity contribution in [3.05, 3.63) is 40.2 Å². The zero-order valence-electron chi connectivity index (χ0n) is 10.5. The number of nitrogens with one attached hydrogen (secondary N) is 1.